The molecule has 0 aliphatic heterocycles. The molecule has 1 aromatic heterocycles. The van der Waals surface area contributed by atoms with Gasteiger partial charge in [0.25, 0.3) is 5.69 Å². The van der Waals surface area contributed by atoms with E-state index in [0.717, 1.165) is 5.69 Å². The van der Waals surface area contributed by atoms with E-state index in [1.807, 2.05) is 21.1 Å². The van der Waals surface area contributed by atoms with Crippen LogP contribution in [0.4, 0.5) is 5.69 Å². The van der Waals surface area contributed by atoms with E-state index in [1.165, 1.54) is 11.0 Å². The molecule has 1 amide bonds. The number of aromatic nitrogens is 2. The predicted molar refractivity (Wildman–Crippen MR) is 89.2 cm³/mol. The van der Waals surface area contributed by atoms with Gasteiger partial charge in [-0.2, -0.15) is 0 Å². The summed E-state index contributed by atoms with van der Waals surface area (Å²) in [5.74, 6) is -0.151. The van der Waals surface area contributed by atoms with Crippen molar-refractivity contribution in [3.63, 3.8) is 0 Å². The van der Waals surface area contributed by atoms with Crippen LogP contribution in [0, 0.1) is 10.1 Å². The molecule has 2 rings (SSSR count). The number of rotatable bonds is 6. The number of benzene rings is 1. The van der Waals surface area contributed by atoms with Crippen LogP contribution >= 0.6 is 0 Å². The second-order valence-electron chi connectivity index (χ2n) is 5.88. The lowest BCUT2D eigenvalue weighted by Gasteiger charge is -2.28. The van der Waals surface area contributed by atoms with E-state index in [4.69, 9.17) is 0 Å². The third kappa shape index (κ3) is 3.60. The summed E-state index contributed by atoms with van der Waals surface area (Å²) < 4.78 is 1.79. The Kier molecular flexibility index (Phi) is 5.30. The molecule has 8 nitrogen and oxygen atoms in total. The summed E-state index contributed by atoms with van der Waals surface area (Å²) in [4.78, 5) is 31.0. The van der Waals surface area contributed by atoms with Gasteiger partial charge in [0, 0.05) is 25.7 Å². The van der Waals surface area contributed by atoms with Gasteiger partial charge in [-0.1, -0.05) is 18.2 Å². The molecule has 2 aromatic rings. The Hall–Kier alpha value is -2.74. The van der Waals surface area contributed by atoms with Crippen molar-refractivity contribution < 1.29 is 9.72 Å². The summed E-state index contributed by atoms with van der Waals surface area (Å²) in [6, 6.07) is 5.94. The third-order valence-corrected chi connectivity index (χ3v) is 3.86. The Labute approximate surface area is 140 Å². The first kappa shape index (κ1) is 17.6. The molecular weight excluding hydrogens is 310 g/mol. The first-order valence-electron chi connectivity index (χ1n) is 7.42. The molecule has 0 aliphatic carbocycles. The molecule has 1 aromatic carbocycles. The summed E-state index contributed by atoms with van der Waals surface area (Å²) in [7, 11) is 7.10. The topological polar surface area (TPSA) is 84.5 Å². The van der Waals surface area contributed by atoms with Crippen molar-refractivity contribution in [1.82, 2.24) is 19.4 Å². The van der Waals surface area contributed by atoms with Gasteiger partial charge in [0.05, 0.1) is 29.7 Å². The number of nitro groups is 1. The largest absolute Gasteiger partial charge is 0.339 e. The van der Waals surface area contributed by atoms with Crippen LogP contribution in [0.5, 0.6) is 0 Å². The zero-order valence-corrected chi connectivity index (χ0v) is 14.2. The fraction of sp³-hybridized carbons (Fsp3) is 0.375. The minimum Gasteiger partial charge on any atom is -0.339 e. The second-order valence-corrected chi connectivity index (χ2v) is 5.88. The first-order valence-corrected chi connectivity index (χ1v) is 7.42. The molecule has 0 fully saturated rings. The Morgan fingerprint density at radius 1 is 1.33 bits per heavy atom. The number of hydrogen-bond acceptors (Lipinski definition) is 5. The Morgan fingerprint density at radius 3 is 2.54 bits per heavy atom. The number of para-hydroxylation sites is 1. The smallest absolute Gasteiger partial charge is 0.274 e. The average molecular weight is 331 g/mol. The maximum atomic E-state index is 12.9. The molecule has 0 radical (unpaired) electrons. The van der Waals surface area contributed by atoms with E-state index in [2.05, 4.69) is 4.98 Å². The van der Waals surface area contributed by atoms with E-state index in [-0.39, 0.29) is 18.1 Å². The fourth-order valence-corrected chi connectivity index (χ4v) is 2.61. The Bertz CT molecular complexity index is 741. The molecule has 0 bridgehead atoms. The molecule has 1 heterocycles. The SMILES string of the molecule is CN(Cc1ccccc1[N+](=O)[O-])C(=O)C(c1cncn1C)N(C)C. The van der Waals surface area contributed by atoms with Crippen molar-refractivity contribution >= 4 is 11.6 Å². The van der Waals surface area contributed by atoms with Gasteiger partial charge in [-0.25, -0.2) is 4.98 Å². The number of nitrogens with zero attached hydrogens (tertiary/aromatic N) is 5. The van der Waals surface area contributed by atoms with Crippen molar-refractivity contribution in [2.45, 2.75) is 12.6 Å². The molecule has 0 aliphatic rings. The van der Waals surface area contributed by atoms with E-state index in [9.17, 15) is 14.9 Å². The van der Waals surface area contributed by atoms with Crippen molar-refractivity contribution in [1.29, 1.82) is 0 Å². The van der Waals surface area contributed by atoms with Gasteiger partial charge in [-0.05, 0) is 14.1 Å². The first-order chi connectivity index (χ1) is 11.3. The normalized spacial score (nSPS) is 12.2. The Balaban J connectivity index is 2.25. The van der Waals surface area contributed by atoms with Crippen molar-refractivity contribution in [3.8, 4) is 0 Å². The molecule has 8 heteroatoms. The zero-order chi connectivity index (χ0) is 17.9. The highest BCUT2D eigenvalue weighted by Gasteiger charge is 2.29. The van der Waals surface area contributed by atoms with Crippen LogP contribution in [0.3, 0.4) is 0 Å². The molecule has 0 saturated carbocycles. The molecule has 0 saturated heterocycles. The van der Waals surface area contributed by atoms with Crippen LogP contribution < -0.4 is 0 Å². The van der Waals surface area contributed by atoms with Crippen LogP contribution in [-0.2, 0) is 18.4 Å². The van der Waals surface area contributed by atoms with Gasteiger partial charge in [-0.3, -0.25) is 19.8 Å². The number of hydrogen-bond donors (Lipinski definition) is 0. The highest BCUT2D eigenvalue weighted by Crippen LogP contribution is 2.23. The number of imidazole rings is 1. The second kappa shape index (κ2) is 7.22. The van der Waals surface area contributed by atoms with Crippen LogP contribution in [0.2, 0.25) is 0 Å². The fourth-order valence-electron chi connectivity index (χ4n) is 2.61. The van der Waals surface area contributed by atoms with Gasteiger partial charge in [-0.15, -0.1) is 0 Å². The van der Waals surface area contributed by atoms with Crippen molar-refractivity contribution in [3.05, 3.63) is 58.2 Å². The summed E-state index contributed by atoms with van der Waals surface area (Å²) in [5.41, 5.74) is 1.28. The number of nitro benzene ring substituents is 1. The minimum absolute atomic E-state index is 0.0130. The van der Waals surface area contributed by atoms with E-state index >= 15 is 0 Å². The van der Waals surface area contributed by atoms with Crippen LogP contribution in [0.25, 0.3) is 0 Å². The summed E-state index contributed by atoms with van der Waals surface area (Å²) in [6.07, 6.45) is 3.29. The van der Waals surface area contributed by atoms with Crippen molar-refractivity contribution in [2.75, 3.05) is 21.1 Å². The molecule has 128 valence electrons. The van der Waals surface area contributed by atoms with Gasteiger partial charge in [0.15, 0.2) is 0 Å². The zero-order valence-electron chi connectivity index (χ0n) is 14.2. The van der Waals surface area contributed by atoms with Gasteiger partial charge in [0.1, 0.15) is 6.04 Å². The number of carbonyl (C=O) groups is 1. The molecule has 24 heavy (non-hydrogen) atoms. The average Bonchev–Trinajstić information content (AvgIpc) is 2.93. The lowest BCUT2D eigenvalue weighted by molar-refractivity contribution is -0.385. The summed E-state index contributed by atoms with van der Waals surface area (Å²) in [6.45, 7) is 0.165. The van der Waals surface area contributed by atoms with E-state index < -0.39 is 11.0 Å². The lowest BCUT2D eigenvalue weighted by atomic mass is 10.1. The molecular formula is C16H21N5O3. The Morgan fingerprint density at radius 2 is 2.00 bits per heavy atom. The van der Waals surface area contributed by atoms with Gasteiger partial charge < -0.3 is 9.47 Å². The van der Waals surface area contributed by atoms with Crippen LogP contribution in [-0.4, -0.2) is 51.3 Å². The highest BCUT2D eigenvalue weighted by molar-refractivity contribution is 5.82. The lowest BCUT2D eigenvalue weighted by Crippen LogP contribution is -2.39. The molecule has 1 unspecified atom stereocenters. The quantitative estimate of drug-likeness (QED) is 0.593. The van der Waals surface area contributed by atoms with Gasteiger partial charge in [0.2, 0.25) is 5.91 Å². The van der Waals surface area contributed by atoms with Crippen LogP contribution in [0.15, 0.2) is 36.8 Å². The number of carbonyl (C=O) groups excluding carboxylic acids is 1. The van der Waals surface area contributed by atoms with Crippen LogP contribution in [0.1, 0.15) is 17.3 Å². The maximum absolute atomic E-state index is 12.9. The maximum Gasteiger partial charge on any atom is 0.274 e. The summed E-state index contributed by atoms with van der Waals surface area (Å²) >= 11 is 0. The monoisotopic (exact) mass is 331 g/mol. The van der Waals surface area contributed by atoms with E-state index in [0.29, 0.717) is 5.56 Å². The minimum atomic E-state index is -0.509. The molecule has 0 spiro atoms. The number of aryl methyl sites for hydroxylation is 1. The highest BCUT2D eigenvalue weighted by atomic mass is 16.6. The van der Waals surface area contributed by atoms with Gasteiger partial charge >= 0.3 is 0 Å². The number of amides is 1. The third-order valence-electron chi connectivity index (χ3n) is 3.86. The predicted octanol–water partition coefficient (Wildman–Crippen LogP) is 1.59. The van der Waals surface area contributed by atoms with Crippen molar-refractivity contribution in [2.24, 2.45) is 7.05 Å². The standard InChI is InChI=1S/C16H21N5O3/c1-18(2)15(14-9-17-11-20(14)4)16(22)19(3)10-12-7-5-6-8-13(12)21(23)24/h5-9,11,15H,10H2,1-4H3. The summed E-state index contributed by atoms with van der Waals surface area (Å²) in [5, 5.41) is 11.1. The van der Waals surface area contributed by atoms with E-state index in [1.54, 1.807) is 47.2 Å². The molecule has 1 atom stereocenters. The number of likely N-dealkylation sites (N-methyl/N-ethyl adjacent to an activating group) is 2. The molecule has 0 N–H and O–H groups in total.